The largest absolute Gasteiger partial charge is 0.385 e. The topological polar surface area (TPSA) is 20.2 Å². The Balaban J connectivity index is 4.14. The molecule has 1 atom stereocenters. The Morgan fingerprint density at radius 1 is 1.36 bits per heavy atom. The SMILES string of the molecule is CC/C=C(\C)[C@@H](O)C=C(C)C. The Kier molecular flexibility index (Phi) is 4.88. The number of rotatable bonds is 3. The maximum atomic E-state index is 9.47. The van der Waals surface area contributed by atoms with Gasteiger partial charge in [-0.25, -0.2) is 0 Å². The molecule has 0 rings (SSSR count). The molecule has 0 saturated heterocycles. The van der Waals surface area contributed by atoms with Crippen LogP contribution in [-0.4, -0.2) is 11.2 Å². The standard InChI is InChI=1S/C10H18O/c1-5-6-9(4)10(11)7-8(2)3/h6-7,10-11H,5H2,1-4H3/b9-6+/t10-/m0/s1. The van der Waals surface area contributed by atoms with Gasteiger partial charge >= 0.3 is 0 Å². The molecule has 0 saturated carbocycles. The molecule has 0 aromatic carbocycles. The highest BCUT2D eigenvalue weighted by molar-refractivity contribution is 5.14. The smallest absolute Gasteiger partial charge is 0.0931 e. The summed E-state index contributed by atoms with van der Waals surface area (Å²) >= 11 is 0. The zero-order chi connectivity index (χ0) is 8.85. The van der Waals surface area contributed by atoms with Crippen LogP contribution in [0, 0.1) is 0 Å². The van der Waals surface area contributed by atoms with Gasteiger partial charge in [0.25, 0.3) is 0 Å². The van der Waals surface area contributed by atoms with Gasteiger partial charge in [-0.15, -0.1) is 0 Å². The second kappa shape index (κ2) is 5.14. The first-order valence-corrected chi connectivity index (χ1v) is 4.07. The number of aliphatic hydroxyl groups is 1. The van der Waals surface area contributed by atoms with Crippen molar-refractivity contribution in [1.82, 2.24) is 0 Å². The van der Waals surface area contributed by atoms with Crippen LogP contribution in [0.5, 0.6) is 0 Å². The van der Waals surface area contributed by atoms with Gasteiger partial charge in [0.1, 0.15) is 0 Å². The molecule has 0 radical (unpaired) electrons. The van der Waals surface area contributed by atoms with E-state index < -0.39 is 0 Å². The average molecular weight is 154 g/mol. The summed E-state index contributed by atoms with van der Waals surface area (Å²) in [6.07, 6.45) is 4.51. The Morgan fingerprint density at radius 2 is 1.91 bits per heavy atom. The summed E-state index contributed by atoms with van der Waals surface area (Å²) in [4.78, 5) is 0. The van der Waals surface area contributed by atoms with Gasteiger partial charge in [-0.1, -0.05) is 24.6 Å². The summed E-state index contributed by atoms with van der Waals surface area (Å²) in [6, 6.07) is 0. The highest BCUT2D eigenvalue weighted by atomic mass is 16.3. The van der Waals surface area contributed by atoms with Crippen molar-refractivity contribution in [3.8, 4) is 0 Å². The van der Waals surface area contributed by atoms with Crippen LogP contribution in [0.4, 0.5) is 0 Å². The molecule has 0 aromatic heterocycles. The minimum Gasteiger partial charge on any atom is -0.385 e. The molecular formula is C10H18O. The maximum Gasteiger partial charge on any atom is 0.0931 e. The highest BCUT2D eigenvalue weighted by Crippen LogP contribution is 2.06. The van der Waals surface area contributed by atoms with Crippen molar-refractivity contribution in [2.24, 2.45) is 0 Å². The first-order chi connectivity index (χ1) is 5.07. The van der Waals surface area contributed by atoms with Crippen molar-refractivity contribution in [2.45, 2.75) is 40.2 Å². The van der Waals surface area contributed by atoms with E-state index in [0.29, 0.717) is 0 Å². The molecule has 0 bridgehead atoms. The van der Waals surface area contributed by atoms with Crippen LogP contribution in [-0.2, 0) is 0 Å². The molecule has 0 aliphatic carbocycles. The lowest BCUT2D eigenvalue weighted by Crippen LogP contribution is -2.04. The van der Waals surface area contributed by atoms with Crippen LogP contribution >= 0.6 is 0 Å². The molecule has 0 spiro atoms. The van der Waals surface area contributed by atoms with Gasteiger partial charge in [0.15, 0.2) is 0 Å². The minimum absolute atomic E-state index is 0.389. The van der Waals surface area contributed by atoms with E-state index in [9.17, 15) is 5.11 Å². The van der Waals surface area contributed by atoms with Crippen molar-refractivity contribution >= 4 is 0 Å². The van der Waals surface area contributed by atoms with Crippen LogP contribution < -0.4 is 0 Å². The molecule has 0 aliphatic heterocycles. The average Bonchev–Trinajstić information content (AvgIpc) is 1.86. The predicted molar refractivity (Wildman–Crippen MR) is 49.5 cm³/mol. The Morgan fingerprint density at radius 3 is 2.27 bits per heavy atom. The van der Waals surface area contributed by atoms with Crippen LogP contribution in [0.1, 0.15) is 34.1 Å². The molecule has 0 fully saturated rings. The van der Waals surface area contributed by atoms with Gasteiger partial charge in [0, 0.05) is 0 Å². The highest BCUT2D eigenvalue weighted by Gasteiger charge is 1.99. The van der Waals surface area contributed by atoms with E-state index in [2.05, 4.69) is 6.92 Å². The third-order valence-electron chi connectivity index (χ3n) is 1.48. The van der Waals surface area contributed by atoms with Gasteiger partial charge in [-0.05, 0) is 32.8 Å². The molecule has 11 heavy (non-hydrogen) atoms. The second-order valence-electron chi connectivity index (χ2n) is 3.05. The summed E-state index contributed by atoms with van der Waals surface area (Å²) in [5.74, 6) is 0. The van der Waals surface area contributed by atoms with Crippen LogP contribution in [0.2, 0.25) is 0 Å². The molecule has 0 aromatic rings. The lowest BCUT2D eigenvalue weighted by Gasteiger charge is -2.05. The monoisotopic (exact) mass is 154 g/mol. The Labute approximate surface area is 69.4 Å². The van der Waals surface area contributed by atoms with Gasteiger partial charge < -0.3 is 5.11 Å². The lowest BCUT2D eigenvalue weighted by atomic mass is 10.1. The minimum atomic E-state index is -0.389. The van der Waals surface area contributed by atoms with Crippen molar-refractivity contribution in [3.63, 3.8) is 0 Å². The van der Waals surface area contributed by atoms with E-state index >= 15 is 0 Å². The van der Waals surface area contributed by atoms with Crippen LogP contribution in [0.15, 0.2) is 23.3 Å². The predicted octanol–water partition coefficient (Wildman–Crippen LogP) is 2.67. The van der Waals surface area contributed by atoms with E-state index in [-0.39, 0.29) is 6.10 Å². The third kappa shape index (κ3) is 4.79. The van der Waals surface area contributed by atoms with Crippen molar-refractivity contribution in [3.05, 3.63) is 23.3 Å². The summed E-state index contributed by atoms with van der Waals surface area (Å²) in [5, 5.41) is 9.47. The van der Waals surface area contributed by atoms with E-state index in [1.807, 2.05) is 32.9 Å². The van der Waals surface area contributed by atoms with Crippen molar-refractivity contribution in [1.29, 1.82) is 0 Å². The normalized spacial score (nSPS) is 14.5. The maximum absolute atomic E-state index is 9.47. The van der Waals surface area contributed by atoms with E-state index in [1.54, 1.807) is 0 Å². The van der Waals surface area contributed by atoms with E-state index in [0.717, 1.165) is 17.6 Å². The van der Waals surface area contributed by atoms with E-state index in [1.165, 1.54) is 0 Å². The molecule has 0 amide bonds. The number of hydrogen-bond donors (Lipinski definition) is 1. The lowest BCUT2D eigenvalue weighted by molar-refractivity contribution is 0.258. The molecular weight excluding hydrogens is 136 g/mol. The molecule has 0 aliphatic rings. The summed E-state index contributed by atoms with van der Waals surface area (Å²) in [5.41, 5.74) is 2.19. The number of allylic oxidation sites excluding steroid dienone is 2. The fourth-order valence-electron chi connectivity index (χ4n) is 0.890. The zero-order valence-corrected chi connectivity index (χ0v) is 7.89. The third-order valence-corrected chi connectivity index (χ3v) is 1.48. The number of aliphatic hydroxyl groups excluding tert-OH is 1. The second-order valence-corrected chi connectivity index (χ2v) is 3.05. The zero-order valence-electron chi connectivity index (χ0n) is 7.89. The first-order valence-electron chi connectivity index (χ1n) is 4.07. The molecule has 64 valence electrons. The summed E-state index contributed by atoms with van der Waals surface area (Å²) in [6.45, 7) is 8.00. The fourth-order valence-corrected chi connectivity index (χ4v) is 0.890. The van der Waals surface area contributed by atoms with Crippen molar-refractivity contribution in [2.75, 3.05) is 0 Å². The van der Waals surface area contributed by atoms with Gasteiger partial charge in [0.2, 0.25) is 0 Å². The summed E-state index contributed by atoms with van der Waals surface area (Å²) < 4.78 is 0. The van der Waals surface area contributed by atoms with Crippen LogP contribution in [0.3, 0.4) is 0 Å². The van der Waals surface area contributed by atoms with Gasteiger partial charge in [-0.2, -0.15) is 0 Å². The van der Waals surface area contributed by atoms with E-state index in [4.69, 9.17) is 0 Å². The Bertz CT molecular complexity index is 162. The van der Waals surface area contributed by atoms with Crippen LogP contribution in [0.25, 0.3) is 0 Å². The quantitative estimate of drug-likeness (QED) is 0.620. The van der Waals surface area contributed by atoms with Gasteiger partial charge in [0.05, 0.1) is 6.10 Å². The molecule has 1 N–H and O–H groups in total. The molecule has 1 nitrogen and oxygen atoms in total. The number of hydrogen-bond acceptors (Lipinski definition) is 1. The molecule has 1 heteroatoms. The first kappa shape index (κ1) is 10.4. The molecule has 0 unspecified atom stereocenters. The Hall–Kier alpha value is -0.560. The fraction of sp³-hybridized carbons (Fsp3) is 0.600. The summed E-state index contributed by atoms with van der Waals surface area (Å²) in [7, 11) is 0. The van der Waals surface area contributed by atoms with Crippen molar-refractivity contribution < 1.29 is 5.11 Å². The van der Waals surface area contributed by atoms with Gasteiger partial charge in [-0.3, -0.25) is 0 Å². The molecule has 0 heterocycles.